The number of aryl methyl sites for hydroxylation is 2. The molecule has 156 valence electrons. The minimum atomic E-state index is -0.331. The first-order chi connectivity index (χ1) is 14.5. The Labute approximate surface area is 176 Å². The molecule has 1 aromatic heterocycles. The number of amides is 1. The molecule has 7 heteroatoms. The predicted molar refractivity (Wildman–Crippen MR) is 117 cm³/mol. The average molecular weight is 406 g/mol. The number of nitrogens with one attached hydrogen (secondary N) is 1. The maximum atomic E-state index is 12.2. The lowest BCUT2D eigenvalue weighted by Crippen LogP contribution is -2.29. The molecule has 3 aromatic rings. The van der Waals surface area contributed by atoms with E-state index in [9.17, 15) is 4.79 Å². The molecule has 0 fully saturated rings. The molecule has 0 saturated carbocycles. The summed E-state index contributed by atoms with van der Waals surface area (Å²) in [6.07, 6.45) is 0. The van der Waals surface area contributed by atoms with Crippen molar-refractivity contribution in [2.24, 2.45) is 12.2 Å². The fourth-order valence-electron chi connectivity index (χ4n) is 3.25. The summed E-state index contributed by atoms with van der Waals surface area (Å²) in [5.41, 5.74) is 5.74. The number of carbonyl (C=O) groups excluding carboxylic acids is 1. The second-order valence-corrected chi connectivity index (χ2v) is 6.92. The van der Waals surface area contributed by atoms with Crippen LogP contribution in [0.2, 0.25) is 0 Å². The number of ether oxygens (including phenoxy) is 1. The number of hydrogen-bond acceptors (Lipinski definition) is 5. The van der Waals surface area contributed by atoms with Crippen LogP contribution in [-0.4, -0.2) is 35.6 Å². The summed E-state index contributed by atoms with van der Waals surface area (Å²) in [7, 11) is 4.82. The van der Waals surface area contributed by atoms with Gasteiger partial charge in [0.05, 0.1) is 5.69 Å². The number of rotatable bonds is 7. The summed E-state index contributed by atoms with van der Waals surface area (Å²) in [6.45, 7) is 4.30. The van der Waals surface area contributed by atoms with Gasteiger partial charge in [0, 0.05) is 30.8 Å². The Morgan fingerprint density at radius 1 is 1.13 bits per heavy atom. The van der Waals surface area contributed by atoms with Crippen LogP contribution in [0.15, 0.2) is 53.7 Å². The van der Waals surface area contributed by atoms with Gasteiger partial charge in [0.25, 0.3) is 5.91 Å². The first kappa shape index (κ1) is 21.1. The summed E-state index contributed by atoms with van der Waals surface area (Å²) < 4.78 is 7.87. The highest BCUT2D eigenvalue weighted by atomic mass is 16.6. The van der Waals surface area contributed by atoms with E-state index in [2.05, 4.69) is 46.8 Å². The summed E-state index contributed by atoms with van der Waals surface area (Å²) in [4.78, 5) is 17.1. The smallest absolute Gasteiger partial charge is 0.273 e. The van der Waals surface area contributed by atoms with Crippen LogP contribution in [0, 0.1) is 13.8 Å². The third-order valence-corrected chi connectivity index (χ3v) is 4.81. The summed E-state index contributed by atoms with van der Waals surface area (Å²) >= 11 is 0. The number of hydrogen-bond donors (Lipinski definition) is 1. The quantitative estimate of drug-likeness (QED) is 0.482. The molecular formula is C23H26N4O3. The minimum Gasteiger partial charge on any atom is -0.473 e. The Balaban J connectivity index is 1.89. The van der Waals surface area contributed by atoms with E-state index < -0.39 is 0 Å². The Bertz CT molecular complexity index is 1070. The third-order valence-electron chi connectivity index (χ3n) is 4.81. The molecule has 0 bridgehead atoms. The van der Waals surface area contributed by atoms with Crippen molar-refractivity contribution in [2.75, 3.05) is 14.2 Å². The molecule has 30 heavy (non-hydrogen) atoms. The van der Waals surface area contributed by atoms with Gasteiger partial charge >= 0.3 is 0 Å². The van der Waals surface area contributed by atoms with Crippen molar-refractivity contribution in [3.8, 4) is 17.1 Å². The van der Waals surface area contributed by atoms with Crippen molar-refractivity contribution in [1.29, 1.82) is 0 Å². The van der Waals surface area contributed by atoms with Crippen LogP contribution >= 0.6 is 0 Å². The number of benzene rings is 2. The zero-order valence-corrected chi connectivity index (χ0v) is 17.9. The summed E-state index contributed by atoms with van der Waals surface area (Å²) in [5.74, 6) is 0.341. The van der Waals surface area contributed by atoms with Gasteiger partial charge in [-0.05, 0) is 19.4 Å². The number of carbonyl (C=O) groups is 1. The SMILES string of the molecule is CNC(=O)/C(=N/OC)c1ccccc1COc1c(C)c(-c2ccc(C)cc2)nn1C. The van der Waals surface area contributed by atoms with Gasteiger partial charge in [0.1, 0.15) is 13.7 Å². The zero-order chi connectivity index (χ0) is 21.7. The van der Waals surface area contributed by atoms with E-state index in [0.717, 1.165) is 22.4 Å². The van der Waals surface area contributed by atoms with Gasteiger partial charge < -0.3 is 14.9 Å². The maximum Gasteiger partial charge on any atom is 0.273 e. The molecule has 0 unspecified atom stereocenters. The second kappa shape index (κ2) is 9.26. The fourth-order valence-corrected chi connectivity index (χ4v) is 3.25. The number of oxime groups is 1. The summed E-state index contributed by atoms with van der Waals surface area (Å²) in [5, 5.41) is 11.1. The molecular weight excluding hydrogens is 380 g/mol. The van der Waals surface area contributed by atoms with Gasteiger partial charge in [-0.1, -0.05) is 59.3 Å². The topological polar surface area (TPSA) is 77.7 Å². The fraction of sp³-hybridized carbons (Fsp3) is 0.261. The molecule has 0 atom stereocenters. The van der Waals surface area contributed by atoms with Crippen LogP contribution in [0.5, 0.6) is 5.88 Å². The van der Waals surface area contributed by atoms with Crippen molar-refractivity contribution < 1.29 is 14.4 Å². The van der Waals surface area contributed by atoms with Crippen molar-refractivity contribution in [1.82, 2.24) is 15.1 Å². The molecule has 3 rings (SSSR count). The van der Waals surface area contributed by atoms with E-state index >= 15 is 0 Å². The predicted octanol–water partition coefficient (Wildman–Crippen LogP) is 3.38. The number of aromatic nitrogens is 2. The molecule has 0 saturated heterocycles. The Morgan fingerprint density at radius 3 is 2.50 bits per heavy atom. The largest absolute Gasteiger partial charge is 0.473 e. The van der Waals surface area contributed by atoms with E-state index in [1.165, 1.54) is 12.7 Å². The molecule has 0 aliphatic heterocycles. The van der Waals surface area contributed by atoms with Crippen LogP contribution < -0.4 is 10.1 Å². The van der Waals surface area contributed by atoms with Crippen LogP contribution in [-0.2, 0) is 23.3 Å². The molecule has 1 heterocycles. The second-order valence-electron chi connectivity index (χ2n) is 6.92. The van der Waals surface area contributed by atoms with Gasteiger partial charge in [-0.3, -0.25) is 4.79 Å². The highest BCUT2D eigenvalue weighted by Gasteiger charge is 2.19. The number of likely N-dealkylation sites (N-methyl/N-ethyl adjacent to an activating group) is 1. The molecule has 1 N–H and O–H groups in total. The molecule has 0 aliphatic carbocycles. The van der Waals surface area contributed by atoms with Crippen molar-refractivity contribution in [2.45, 2.75) is 20.5 Å². The van der Waals surface area contributed by atoms with E-state index in [1.54, 1.807) is 11.7 Å². The first-order valence-corrected chi connectivity index (χ1v) is 9.61. The zero-order valence-electron chi connectivity index (χ0n) is 17.9. The molecule has 1 amide bonds. The highest BCUT2D eigenvalue weighted by Crippen LogP contribution is 2.30. The maximum absolute atomic E-state index is 12.2. The average Bonchev–Trinajstić information content (AvgIpc) is 3.04. The van der Waals surface area contributed by atoms with Crippen LogP contribution in [0.3, 0.4) is 0 Å². The molecule has 0 aliphatic rings. The van der Waals surface area contributed by atoms with Gasteiger partial charge in [-0.2, -0.15) is 5.10 Å². The standard InChI is InChI=1S/C23H26N4O3/c1-15-10-12-17(13-11-15)20-16(2)23(27(4)25-20)30-14-18-8-6-7-9-19(18)21(26-29-5)22(28)24-3/h6-13H,14H2,1-5H3,(H,24,28)/b26-21+. The minimum absolute atomic E-state index is 0.196. The van der Waals surface area contributed by atoms with Gasteiger partial charge in [0.15, 0.2) is 5.71 Å². The van der Waals surface area contributed by atoms with Gasteiger partial charge in [0.2, 0.25) is 5.88 Å². The van der Waals surface area contributed by atoms with Crippen molar-refractivity contribution in [3.05, 3.63) is 70.8 Å². The van der Waals surface area contributed by atoms with Crippen LogP contribution in [0.1, 0.15) is 22.3 Å². The summed E-state index contributed by atoms with van der Waals surface area (Å²) in [6, 6.07) is 15.7. The number of nitrogens with zero attached hydrogens (tertiary/aromatic N) is 3. The monoisotopic (exact) mass is 406 g/mol. The van der Waals surface area contributed by atoms with E-state index in [0.29, 0.717) is 11.4 Å². The lowest BCUT2D eigenvalue weighted by atomic mass is 10.0. The molecule has 2 aromatic carbocycles. The van der Waals surface area contributed by atoms with Gasteiger partial charge in [-0.15, -0.1) is 0 Å². The van der Waals surface area contributed by atoms with Crippen molar-refractivity contribution in [3.63, 3.8) is 0 Å². The Hall–Kier alpha value is -3.61. The Kier molecular flexibility index (Phi) is 6.51. The van der Waals surface area contributed by atoms with E-state index in [4.69, 9.17) is 9.57 Å². The highest BCUT2D eigenvalue weighted by molar-refractivity contribution is 6.45. The Morgan fingerprint density at radius 2 is 1.83 bits per heavy atom. The molecule has 7 nitrogen and oxygen atoms in total. The van der Waals surface area contributed by atoms with Crippen LogP contribution in [0.25, 0.3) is 11.3 Å². The third kappa shape index (κ3) is 4.35. The molecule has 0 radical (unpaired) electrons. The molecule has 0 spiro atoms. The van der Waals surface area contributed by atoms with Crippen LogP contribution in [0.4, 0.5) is 0 Å². The lowest BCUT2D eigenvalue weighted by Gasteiger charge is -2.12. The lowest BCUT2D eigenvalue weighted by molar-refractivity contribution is -0.114. The van der Waals surface area contributed by atoms with E-state index in [1.807, 2.05) is 38.2 Å². The first-order valence-electron chi connectivity index (χ1n) is 9.61. The van der Waals surface area contributed by atoms with E-state index in [-0.39, 0.29) is 18.2 Å². The van der Waals surface area contributed by atoms with Crippen molar-refractivity contribution >= 4 is 11.6 Å². The normalized spacial score (nSPS) is 11.3. The van der Waals surface area contributed by atoms with Gasteiger partial charge in [-0.25, -0.2) is 4.68 Å².